The summed E-state index contributed by atoms with van der Waals surface area (Å²) in [6, 6.07) is 15.1. The Balaban J connectivity index is 1.67. The molecule has 1 fully saturated rings. The number of methoxy groups -OCH3 is 1. The first-order valence-corrected chi connectivity index (χ1v) is 11.0. The summed E-state index contributed by atoms with van der Waals surface area (Å²) in [6.45, 7) is 2.88. The van der Waals surface area contributed by atoms with Crippen LogP contribution < -0.4 is 4.74 Å². The van der Waals surface area contributed by atoms with E-state index in [9.17, 15) is 9.59 Å². The van der Waals surface area contributed by atoms with E-state index in [1.165, 1.54) is 0 Å². The van der Waals surface area contributed by atoms with Crippen molar-refractivity contribution in [2.24, 2.45) is 0 Å². The number of fused-ring (bicyclic) bond motifs is 4. The highest BCUT2D eigenvalue weighted by atomic mass is 16.5. The van der Waals surface area contributed by atoms with Crippen LogP contribution >= 0.6 is 0 Å². The predicted molar refractivity (Wildman–Crippen MR) is 119 cm³/mol. The third-order valence-corrected chi connectivity index (χ3v) is 6.53. The number of piperazine rings is 1. The Kier molecular flexibility index (Phi) is 4.93. The number of unbranched alkanes of at least 4 members (excludes halogenated alkanes) is 1. The van der Waals surface area contributed by atoms with Gasteiger partial charge in [0, 0.05) is 29.6 Å². The van der Waals surface area contributed by atoms with E-state index in [1.807, 2.05) is 42.5 Å². The fraction of sp³-hybridized carbons (Fsp3) is 0.360. The molecule has 2 amide bonds. The van der Waals surface area contributed by atoms with Gasteiger partial charge in [0.05, 0.1) is 19.7 Å². The molecular formula is C25H27N3O3. The second-order valence-electron chi connectivity index (χ2n) is 8.38. The SMILES string of the molecule is CCCCN1CC(=O)N2[C@@H](c3cccc(OC)c3)c3[nH]c4ccccc4c3C[C@H]2C1=O. The molecule has 3 heterocycles. The quantitative estimate of drug-likeness (QED) is 0.689. The maximum Gasteiger partial charge on any atom is 0.246 e. The number of hydrogen-bond donors (Lipinski definition) is 1. The number of rotatable bonds is 5. The molecule has 0 bridgehead atoms. The molecule has 1 saturated heterocycles. The Bertz CT molecular complexity index is 1150. The Morgan fingerprint density at radius 3 is 2.77 bits per heavy atom. The van der Waals surface area contributed by atoms with Crippen molar-refractivity contribution in [3.05, 3.63) is 65.4 Å². The van der Waals surface area contributed by atoms with Crippen LogP contribution in [0.1, 0.15) is 42.6 Å². The number of para-hydroxylation sites is 1. The second kappa shape index (κ2) is 7.76. The maximum atomic E-state index is 13.5. The molecule has 0 saturated carbocycles. The van der Waals surface area contributed by atoms with E-state index in [4.69, 9.17) is 4.74 Å². The van der Waals surface area contributed by atoms with Crippen LogP contribution in [0.4, 0.5) is 0 Å². The van der Waals surface area contributed by atoms with Crippen molar-refractivity contribution in [2.45, 2.75) is 38.3 Å². The lowest BCUT2D eigenvalue weighted by Crippen LogP contribution is -2.63. The van der Waals surface area contributed by atoms with Gasteiger partial charge in [0.2, 0.25) is 11.8 Å². The molecule has 160 valence electrons. The van der Waals surface area contributed by atoms with Crippen LogP contribution in [0.15, 0.2) is 48.5 Å². The molecule has 31 heavy (non-hydrogen) atoms. The molecular weight excluding hydrogens is 390 g/mol. The van der Waals surface area contributed by atoms with E-state index in [0.717, 1.165) is 46.3 Å². The highest BCUT2D eigenvalue weighted by molar-refractivity contribution is 5.97. The zero-order valence-corrected chi connectivity index (χ0v) is 17.9. The Morgan fingerprint density at radius 1 is 1.13 bits per heavy atom. The zero-order chi connectivity index (χ0) is 21.5. The number of ether oxygens (including phenoxy) is 1. The molecule has 2 atom stereocenters. The average Bonchev–Trinajstić information content (AvgIpc) is 3.17. The monoisotopic (exact) mass is 417 g/mol. The first-order valence-electron chi connectivity index (χ1n) is 11.0. The molecule has 2 aliphatic heterocycles. The van der Waals surface area contributed by atoms with Crippen LogP contribution in [-0.4, -0.2) is 52.8 Å². The third-order valence-electron chi connectivity index (χ3n) is 6.53. The number of nitrogens with zero attached hydrogens (tertiary/aromatic N) is 2. The number of carbonyl (C=O) groups is 2. The standard InChI is InChI=1S/C25H27N3O3/c1-3-4-12-27-15-22(29)28-21(25(27)30)14-19-18-10-5-6-11-20(18)26-23(19)24(28)16-8-7-9-17(13-16)31-2/h5-11,13,21,24,26H,3-4,12,14-15H2,1-2H3/t21-,24-/m0/s1. The van der Waals surface area contributed by atoms with Crippen molar-refractivity contribution < 1.29 is 14.3 Å². The van der Waals surface area contributed by atoms with E-state index < -0.39 is 6.04 Å². The third kappa shape index (κ3) is 3.17. The molecule has 1 aromatic heterocycles. The number of aromatic amines is 1. The summed E-state index contributed by atoms with van der Waals surface area (Å²) >= 11 is 0. The smallest absolute Gasteiger partial charge is 0.246 e. The van der Waals surface area contributed by atoms with Crippen LogP contribution in [0.2, 0.25) is 0 Å². The summed E-state index contributed by atoms with van der Waals surface area (Å²) in [4.78, 5) is 34.0. The summed E-state index contributed by atoms with van der Waals surface area (Å²) in [6.07, 6.45) is 2.43. The summed E-state index contributed by atoms with van der Waals surface area (Å²) < 4.78 is 5.45. The van der Waals surface area contributed by atoms with Gasteiger partial charge in [-0.25, -0.2) is 0 Å². The molecule has 0 radical (unpaired) electrons. The van der Waals surface area contributed by atoms with Gasteiger partial charge in [0.25, 0.3) is 0 Å². The molecule has 0 unspecified atom stereocenters. The van der Waals surface area contributed by atoms with Crippen LogP contribution in [0, 0.1) is 0 Å². The Hall–Kier alpha value is -3.28. The zero-order valence-electron chi connectivity index (χ0n) is 17.9. The molecule has 3 aromatic rings. The highest BCUT2D eigenvalue weighted by Crippen LogP contribution is 2.43. The molecule has 1 N–H and O–H groups in total. The molecule has 5 rings (SSSR count). The number of carbonyl (C=O) groups excluding carboxylic acids is 2. The molecule has 0 spiro atoms. The summed E-state index contributed by atoms with van der Waals surface area (Å²) in [5.74, 6) is 0.785. The molecule has 0 aliphatic carbocycles. The second-order valence-corrected chi connectivity index (χ2v) is 8.38. The van der Waals surface area contributed by atoms with Gasteiger partial charge in [-0.2, -0.15) is 0 Å². The molecule has 2 aromatic carbocycles. The van der Waals surface area contributed by atoms with Gasteiger partial charge >= 0.3 is 0 Å². The van der Waals surface area contributed by atoms with Gasteiger partial charge in [0.1, 0.15) is 11.8 Å². The minimum absolute atomic E-state index is 0.00201. The highest BCUT2D eigenvalue weighted by Gasteiger charge is 2.48. The number of aromatic nitrogens is 1. The van der Waals surface area contributed by atoms with Gasteiger partial charge in [-0.3, -0.25) is 9.59 Å². The Morgan fingerprint density at radius 2 is 1.97 bits per heavy atom. The number of H-pyrrole nitrogens is 1. The largest absolute Gasteiger partial charge is 0.497 e. The van der Waals surface area contributed by atoms with E-state index in [1.54, 1.807) is 16.9 Å². The van der Waals surface area contributed by atoms with Gasteiger partial charge in [-0.15, -0.1) is 0 Å². The summed E-state index contributed by atoms with van der Waals surface area (Å²) in [7, 11) is 1.64. The van der Waals surface area contributed by atoms with Crippen molar-refractivity contribution in [3.8, 4) is 5.75 Å². The molecule has 6 heteroatoms. The van der Waals surface area contributed by atoms with E-state index in [2.05, 4.69) is 18.0 Å². The van der Waals surface area contributed by atoms with Crippen molar-refractivity contribution >= 4 is 22.7 Å². The van der Waals surface area contributed by atoms with E-state index in [0.29, 0.717) is 13.0 Å². The van der Waals surface area contributed by atoms with Crippen molar-refractivity contribution in [1.82, 2.24) is 14.8 Å². The van der Waals surface area contributed by atoms with Gasteiger partial charge in [0.15, 0.2) is 0 Å². The lowest BCUT2D eigenvalue weighted by atomic mass is 9.86. The fourth-order valence-corrected chi connectivity index (χ4v) is 5.02. The van der Waals surface area contributed by atoms with Gasteiger partial charge < -0.3 is 19.5 Å². The summed E-state index contributed by atoms with van der Waals surface area (Å²) in [5, 5.41) is 1.12. The lowest BCUT2D eigenvalue weighted by molar-refractivity contribution is -0.158. The Labute approximate surface area is 181 Å². The normalized spacial score (nSPS) is 20.7. The number of benzene rings is 2. The topological polar surface area (TPSA) is 65.6 Å². The summed E-state index contributed by atoms with van der Waals surface area (Å²) in [5.41, 5.74) is 4.10. The fourth-order valence-electron chi connectivity index (χ4n) is 5.02. The lowest BCUT2D eigenvalue weighted by Gasteiger charge is -2.47. The van der Waals surface area contributed by atoms with Crippen molar-refractivity contribution in [1.29, 1.82) is 0 Å². The van der Waals surface area contributed by atoms with Crippen LogP contribution in [-0.2, 0) is 16.0 Å². The number of hydrogen-bond acceptors (Lipinski definition) is 3. The average molecular weight is 418 g/mol. The number of amides is 2. The predicted octanol–water partition coefficient (Wildman–Crippen LogP) is 3.66. The first kappa shape index (κ1) is 19.7. The van der Waals surface area contributed by atoms with E-state index >= 15 is 0 Å². The van der Waals surface area contributed by atoms with Crippen molar-refractivity contribution in [2.75, 3.05) is 20.2 Å². The van der Waals surface area contributed by atoms with Crippen LogP contribution in [0.3, 0.4) is 0 Å². The van der Waals surface area contributed by atoms with Crippen LogP contribution in [0.5, 0.6) is 5.75 Å². The first-order chi connectivity index (χ1) is 15.1. The van der Waals surface area contributed by atoms with Gasteiger partial charge in [-0.1, -0.05) is 43.7 Å². The minimum atomic E-state index is -0.485. The van der Waals surface area contributed by atoms with Gasteiger partial charge in [-0.05, 0) is 35.7 Å². The van der Waals surface area contributed by atoms with E-state index in [-0.39, 0.29) is 24.4 Å². The maximum absolute atomic E-state index is 13.5. The molecule has 2 aliphatic rings. The minimum Gasteiger partial charge on any atom is -0.497 e. The van der Waals surface area contributed by atoms with Crippen molar-refractivity contribution in [3.63, 3.8) is 0 Å². The molecule has 6 nitrogen and oxygen atoms in total. The van der Waals surface area contributed by atoms with Crippen LogP contribution in [0.25, 0.3) is 10.9 Å². The number of nitrogens with one attached hydrogen (secondary N) is 1.